The van der Waals surface area contributed by atoms with Crippen molar-refractivity contribution in [2.24, 2.45) is 5.92 Å². The van der Waals surface area contributed by atoms with Gasteiger partial charge >= 0.3 is 5.97 Å². The Balaban J connectivity index is 2.06. The van der Waals surface area contributed by atoms with E-state index in [1.54, 1.807) is 7.11 Å². The number of carboxylic acid groups (broad SMARTS) is 1. The van der Waals surface area contributed by atoms with Crippen molar-refractivity contribution in [3.8, 4) is 5.75 Å². The molecule has 4 heteroatoms. The van der Waals surface area contributed by atoms with E-state index in [1.807, 2.05) is 18.2 Å². The average Bonchev–Trinajstić information content (AvgIpc) is 2.86. The van der Waals surface area contributed by atoms with E-state index in [4.69, 9.17) is 4.74 Å². The van der Waals surface area contributed by atoms with Crippen LogP contribution in [0.2, 0.25) is 0 Å². The number of hydrogen-bond donors (Lipinski definition) is 2. The van der Waals surface area contributed by atoms with Gasteiger partial charge in [-0.25, -0.2) is 4.79 Å². The molecule has 1 aliphatic carbocycles. The van der Waals surface area contributed by atoms with E-state index in [0.717, 1.165) is 23.4 Å². The Hall–Kier alpha value is -1.97. The molecule has 1 aromatic rings. The Kier molecular flexibility index (Phi) is 2.51. The third kappa shape index (κ3) is 1.56. The van der Waals surface area contributed by atoms with Crippen molar-refractivity contribution in [1.29, 1.82) is 0 Å². The average molecular weight is 245 g/mol. The topological polar surface area (TPSA) is 58.6 Å². The summed E-state index contributed by atoms with van der Waals surface area (Å²) in [7, 11) is 1.64. The van der Waals surface area contributed by atoms with Crippen molar-refractivity contribution in [2.75, 3.05) is 12.4 Å². The lowest BCUT2D eigenvalue weighted by Gasteiger charge is -2.34. The van der Waals surface area contributed by atoms with Crippen LogP contribution in [0.3, 0.4) is 0 Å². The van der Waals surface area contributed by atoms with Crippen molar-refractivity contribution in [1.82, 2.24) is 0 Å². The van der Waals surface area contributed by atoms with Gasteiger partial charge in [-0.05, 0) is 30.2 Å². The van der Waals surface area contributed by atoms with E-state index in [2.05, 4.69) is 17.5 Å². The normalized spacial score (nSPS) is 28.2. The molecule has 0 saturated heterocycles. The van der Waals surface area contributed by atoms with E-state index in [1.165, 1.54) is 0 Å². The van der Waals surface area contributed by atoms with Crippen LogP contribution in [-0.4, -0.2) is 24.2 Å². The molecule has 3 rings (SSSR count). The van der Waals surface area contributed by atoms with Crippen molar-refractivity contribution in [3.05, 3.63) is 35.9 Å². The summed E-state index contributed by atoms with van der Waals surface area (Å²) in [6.45, 7) is 0. The van der Waals surface area contributed by atoms with Crippen molar-refractivity contribution in [2.45, 2.75) is 18.4 Å². The summed E-state index contributed by atoms with van der Waals surface area (Å²) in [5.41, 5.74) is 2.03. The van der Waals surface area contributed by atoms with E-state index in [-0.39, 0.29) is 11.8 Å². The number of hydrogen-bond acceptors (Lipinski definition) is 3. The van der Waals surface area contributed by atoms with Crippen LogP contribution in [0.5, 0.6) is 5.75 Å². The molecule has 0 amide bonds. The maximum Gasteiger partial charge on any atom is 0.326 e. The molecule has 1 aliphatic heterocycles. The third-order valence-electron chi connectivity index (χ3n) is 3.84. The molecule has 3 atom stereocenters. The van der Waals surface area contributed by atoms with Gasteiger partial charge in [-0.3, -0.25) is 0 Å². The summed E-state index contributed by atoms with van der Waals surface area (Å²) in [4.78, 5) is 11.3. The van der Waals surface area contributed by atoms with Crippen LogP contribution < -0.4 is 10.1 Å². The molecule has 2 aliphatic rings. The van der Waals surface area contributed by atoms with E-state index >= 15 is 0 Å². The van der Waals surface area contributed by atoms with Gasteiger partial charge < -0.3 is 15.2 Å². The van der Waals surface area contributed by atoms with Gasteiger partial charge in [0.05, 0.1) is 7.11 Å². The second kappa shape index (κ2) is 4.05. The first-order chi connectivity index (χ1) is 8.70. The minimum absolute atomic E-state index is 0.0992. The number of allylic oxidation sites excluding steroid dienone is 2. The molecule has 0 saturated carbocycles. The number of methoxy groups -OCH3 is 1. The lowest BCUT2D eigenvalue weighted by atomic mass is 9.79. The lowest BCUT2D eigenvalue weighted by molar-refractivity contribution is -0.139. The molecule has 1 aromatic carbocycles. The van der Waals surface area contributed by atoms with Crippen molar-refractivity contribution < 1.29 is 14.6 Å². The van der Waals surface area contributed by atoms with Gasteiger partial charge in [-0.2, -0.15) is 0 Å². The Morgan fingerprint density at radius 2 is 2.33 bits per heavy atom. The van der Waals surface area contributed by atoms with Crippen LogP contribution >= 0.6 is 0 Å². The Bertz CT molecular complexity index is 524. The first-order valence-corrected chi connectivity index (χ1v) is 6.04. The number of fused-ring (bicyclic) bond motifs is 3. The first-order valence-electron chi connectivity index (χ1n) is 6.04. The largest absolute Gasteiger partial charge is 0.497 e. The van der Waals surface area contributed by atoms with Gasteiger partial charge in [0.25, 0.3) is 0 Å². The van der Waals surface area contributed by atoms with Gasteiger partial charge in [-0.15, -0.1) is 0 Å². The van der Waals surface area contributed by atoms with Crippen molar-refractivity contribution in [3.63, 3.8) is 0 Å². The van der Waals surface area contributed by atoms with Gasteiger partial charge in [0.15, 0.2) is 0 Å². The fourth-order valence-corrected chi connectivity index (χ4v) is 2.94. The van der Waals surface area contributed by atoms with Crippen LogP contribution in [-0.2, 0) is 4.79 Å². The highest BCUT2D eigenvalue weighted by atomic mass is 16.5. The number of benzene rings is 1. The first kappa shape index (κ1) is 11.1. The molecule has 1 heterocycles. The van der Waals surface area contributed by atoms with Gasteiger partial charge in [0, 0.05) is 17.5 Å². The second-order valence-electron chi connectivity index (χ2n) is 4.77. The van der Waals surface area contributed by atoms with E-state index < -0.39 is 12.0 Å². The molecule has 0 fully saturated rings. The van der Waals surface area contributed by atoms with Gasteiger partial charge in [0.1, 0.15) is 11.8 Å². The summed E-state index contributed by atoms with van der Waals surface area (Å²) < 4.78 is 5.23. The second-order valence-corrected chi connectivity index (χ2v) is 4.77. The van der Waals surface area contributed by atoms with E-state index in [0.29, 0.717) is 0 Å². The molecule has 4 nitrogen and oxygen atoms in total. The van der Waals surface area contributed by atoms with Crippen LogP contribution in [0.1, 0.15) is 17.9 Å². The van der Waals surface area contributed by atoms with Crippen LogP contribution in [0, 0.1) is 5.92 Å². The maximum atomic E-state index is 11.3. The number of carbonyl (C=O) groups is 1. The molecule has 18 heavy (non-hydrogen) atoms. The number of carboxylic acids is 1. The number of nitrogens with one attached hydrogen (secondary N) is 1. The van der Waals surface area contributed by atoms with Crippen LogP contribution in [0.15, 0.2) is 30.4 Å². The molecular formula is C14H15NO3. The Labute approximate surface area is 105 Å². The Morgan fingerprint density at radius 3 is 3.06 bits per heavy atom. The Morgan fingerprint density at radius 1 is 1.50 bits per heavy atom. The third-order valence-corrected chi connectivity index (χ3v) is 3.84. The highest BCUT2D eigenvalue weighted by molar-refractivity contribution is 5.80. The summed E-state index contributed by atoms with van der Waals surface area (Å²) >= 11 is 0. The van der Waals surface area contributed by atoms with Crippen molar-refractivity contribution >= 4 is 11.7 Å². The zero-order valence-electron chi connectivity index (χ0n) is 10.1. The highest BCUT2D eigenvalue weighted by Gasteiger charge is 2.40. The molecule has 2 N–H and O–H groups in total. The fourth-order valence-electron chi connectivity index (χ4n) is 2.94. The molecule has 0 spiro atoms. The zero-order chi connectivity index (χ0) is 12.7. The monoisotopic (exact) mass is 245 g/mol. The van der Waals surface area contributed by atoms with Gasteiger partial charge in [-0.1, -0.05) is 12.2 Å². The maximum absolute atomic E-state index is 11.3. The van der Waals surface area contributed by atoms with Crippen LogP contribution in [0.25, 0.3) is 0 Å². The minimum Gasteiger partial charge on any atom is -0.497 e. The number of aliphatic carboxylic acids is 1. The fraction of sp³-hybridized carbons (Fsp3) is 0.357. The molecular weight excluding hydrogens is 230 g/mol. The molecule has 94 valence electrons. The molecule has 0 radical (unpaired) electrons. The number of ether oxygens (including phenoxy) is 1. The molecule has 0 bridgehead atoms. The molecule has 0 aromatic heterocycles. The summed E-state index contributed by atoms with van der Waals surface area (Å²) in [5, 5.41) is 12.4. The number of anilines is 1. The zero-order valence-corrected chi connectivity index (χ0v) is 10.1. The van der Waals surface area contributed by atoms with Crippen LogP contribution in [0.4, 0.5) is 5.69 Å². The summed E-state index contributed by atoms with van der Waals surface area (Å²) in [5.74, 6) is 0.304. The predicted octanol–water partition coefficient (Wildman–Crippen LogP) is 2.23. The van der Waals surface area contributed by atoms with E-state index in [9.17, 15) is 9.90 Å². The summed E-state index contributed by atoms with van der Waals surface area (Å²) in [6.07, 6.45) is 4.99. The number of rotatable bonds is 2. The lowest BCUT2D eigenvalue weighted by Crippen LogP contribution is -2.41. The minimum atomic E-state index is -0.782. The SMILES string of the molecule is COc1ccc2c(c1)[C@H]1C=CC[C@H]1C(C(=O)O)N2. The smallest absolute Gasteiger partial charge is 0.326 e. The van der Waals surface area contributed by atoms with Gasteiger partial charge in [0.2, 0.25) is 0 Å². The predicted molar refractivity (Wildman–Crippen MR) is 68.0 cm³/mol. The molecule has 1 unspecified atom stereocenters. The highest BCUT2D eigenvalue weighted by Crippen LogP contribution is 2.45. The standard InChI is InChI=1S/C14H15NO3/c1-18-8-5-6-12-11(7-8)9-3-2-4-10(9)13(15-12)14(16)17/h2-3,5-7,9-10,13,15H,4H2,1H3,(H,16,17)/t9-,10+,13?/m0/s1. The summed E-state index contributed by atoms with van der Waals surface area (Å²) in [6, 6.07) is 5.23. The quantitative estimate of drug-likeness (QED) is 0.784.